The summed E-state index contributed by atoms with van der Waals surface area (Å²) in [6.07, 6.45) is 2.46. The van der Waals surface area contributed by atoms with Gasteiger partial charge in [-0.05, 0) is 233 Å². The number of ether oxygens (including phenoxy) is 2. The predicted octanol–water partition coefficient (Wildman–Crippen LogP) is 20.5. The molecular weight excluding hydrogens is 1800 g/mol. The molecule has 0 spiro atoms. The summed E-state index contributed by atoms with van der Waals surface area (Å²) in [6.45, 7) is 43.3. The van der Waals surface area contributed by atoms with Gasteiger partial charge in [-0.1, -0.05) is 228 Å². The number of hydrogen-bond donors (Lipinski definition) is 7. The minimum absolute atomic E-state index is 0. The Morgan fingerprint density at radius 2 is 0.936 bits per heavy atom. The summed E-state index contributed by atoms with van der Waals surface area (Å²) in [7, 11) is 11.3. The van der Waals surface area contributed by atoms with Gasteiger partial charge < -0.3 is 74.9 Å². The molecular formula is C109H178N16O13Si2. The second kappa shape index (κ2) is 52.0. The summed E-state index contributed by atoms with van der Waals surface area (Å²) in [4.78, 5) is 83.0. The van der Waals surface area contributed by atoms with E-state index in [4.69, 9.17) is 39.3 Å². The third-order valence-electron chi connectivity index (χ3n) is 31.1. The van der Waals surface area contributed by atoms with E-state index in [9.17, 15) is 40.0 Å². The molecule has 6 aromatic carbocycles. The van der Waals surface area contributed by atoms with Crippen LogP contribution in [0, 0.1) is 58.2 Å². The lowest BCUT2D eigenvalue weighted by atomic mass is 9.45. The van der Waals surface area contributed by atoms with Crippen molar-refractivity contribution >= 4 is 51.7 Å². The maximum absolute atomic E-state index is 14.6. The Hall–Kier alpha value is -8.99. The molecule has 0 unspecified atom stereocenters. The number of nitrogens with zero attached hydrogens (tertiary/aromatic N) is 12. The fourth-order valence-corrected chi connectivity index (χ4v) is 23.0. The molecule has 2 heterocycles. The SMILES string of the molecule is C.C.C.C.C.CN(C)C[C@@H](N)Cc1ccccc1.COc1c(CN2O[C@@H](CN=[N+]=[N-])[C@@H]([C@H](C)O)[C@H]2C(=O)N[C@H]2C[C@H]3C[C@@H]([C@@H]2C)C3(C)C)cccc1-c1cc(C(=O)N[C@@H](Cc2ccccc2)CN(C)C)cc(N(C)CCO[Si](C)(C)C(C)(C)C)c1.COc1c(CN2O[C@@H](CN=[N+]=[N-])[C@@H]([C@H](C)O)[C@H]2C(=O)N[C@H]2C[C@H]3C[C@@H]([C@@H]2C)C3(C)C)cccc1-c1cc(C(=O)O)cc(N(C)CCO[Si](C)(C)C(C)(C)C)c1. The minimum Gasteiger partial charge on any atom is -0.496 e. The van der Waals surface area contributed by atoms with E-state index in [1.807, 2.05) is 126 Å². The number of anilines is 2. The molecule has 6 saturated carbocycles. The van der Waals surface area contributed by atoms with E-state index in [1.54, 1.807) is 50.3 Å². The van der Waals surface area contributed by atoms with Crippen LogP contribution in [0.5, 0.6) is 11.5 Å². The van der Waals surface area contributed by atoms with Crippen molar-refractivity contribution in [1.29, 1.82) is 0 Å². The summed E-state index contributed by atoms with van der Waals surface area (Å²) in [5.74, 6) is 0.770. The lowest BCUT2D eigenvalue weighted by Crippen LogP contribution is -2.62. The highest BCUT2D eigenvalue weighted by Gasteiger charge is 2.60. The first-order chi connectivity index (χ1) is 63.4. The Kier molecular flexibility index (Phi) is 45.1. The number of methoxy groups -OCH3 is 2. The number of likely N-dealkylation sites (N-methyl/N-ethyl adjacent to an activating group) is 4. The molecule has 8 N–H and O–H groups in total. The molecule has 14 rings (SSSR count). The summed E-state index contributed by atoms with van der Waals surface area (Å²) in [6, 6.07) is 41.5. The lowest BCUT2D eigenvalue weighted by Gasteiger charge is -2.62. The Morgan fingerprint density at radius 3 is 1.28 bits per heavy atom. The fraction of sp³-hybridized carbons (Fsp3) is 0.633. The molecule has 0 aromatic heterocycles. The average Bonchev–Trinajstić information content (AvgIpc) is 0.781. The van der Waals surface area contributed by atoms with E-state index in [0.29, 0.717) is 109 Å². The highest BCUT2D eigenvalue weighted by molar-refractivity contribution is 6.74. The Balaban J connectivity index is 0.000000428. The van der Waals surface area contributed by atoms with E-state index in [1.165, 1.54) is 18.4 Å². The van der Waals surface area contributed by atoms with Gasteiger partial charge in [0.1, 0.15) is 23.6 Å². The first-order valence-electron chi connectivity index (χ1n) is 48.3. The third-order valence-corrected chi connectivity index (χ3v) is 40.2. The number of amides is 3. The van der Waals surface area contributed by atoms with Crippen molar-refractivity contribution in [2.45, 2.75) is 283 Å². The zero-order valence-electron chi connectivity index (χ0n) is 85.3. The van der Waals surface area contributed by atoms with Gasteiger partial charge in [0.25, 0.3) is 5.91 Å². The molecule has 29 nitrogen and oxygen atoms in total. The van der Waals surface area contributed by atoms with Crippen molar-refractivity contribution in [3.05, 3.63) is 188 Å². The highest BCUT2D eigenvalue weighted by atomic mass is 28.4. The first kappa shape index (κ1) is 121. The van der Waals surface area contributed by atoms with Crippen LogP contribution < -0.4 is 41.0 Å². The molecule has 2 saturated heterocycles. The summed E-state index contributed by atoms with van der Waals surface area (Å²) < 4.78 is 25.3. The first-order valence-corrected chi connectivity index (χ1v) is 54.1. The number of para-hydroxylation sites is 2. The number of hydrogen-bond acceptors (Lipinski definition) is 21. The van der Waals surface area contributed by atoms with Crippen LogP contribution in [0.2, 0.25) is 36.3 Å². The van der Waals surface area contributed by atoms with Crippen LogP contribution in [0.4, 0.5) is 11.4 Å². The third kappa shape index (κ3) is 29.7. The molecule has 8 aliphatic rings. The minimum atomic E-state index is -2.00. The van der Waals surface area contributed by atoms with Gasteiger partial charge in [-0.2, -0.15) is 10.1 Å². The Morgan fingerprint density at radius 1 is 0.557 bits per heavy atom. The molecule has 140 heavy (non-hydrogen) atoms. The standard InChI is InChI=1S/C52H78N8O6Si.C41H62N6O7Si.C11H18N2.5CH4/c1-33-43-28-39(52(43,6)7)29-44(33)56-50(63)47-46(34(2)61)45(30-54-57-53)66-60(47)31-36-20-17-21-42(48(36)64-11)37-25-38(27-41(26-37)59(10)22-23-65-67(12,13)51(3,4)5)49(62)55-40(32-58(8)9)24-35-18-15-14-16-19-35;1-24-32-20-29(41(32,6)7)21-33(24)44-38(49)36-35(25(2)48)34(22-43-45-42)54-47(36)23-26-13-12-14-31(37(26)52-9)27-17-28(39(50)51)19-30(18-27)46(8)15-16-53-55(10,11)40(3,4)5;1-13(2)9-11(12)8-10-6-4-3-5-7-10;;;;;/h14-21,25-27,33-34,39-40,43-47,61H,22-24,28-32H2,1-13H3,(H,55,62)(H,56,63);12-14,17-19,24-25,29,32-36,48H,15-16,20-23H2,1-11H3,(H,44,49)(H,50,51);3-7,11H,8-9,12H2,1-2H3;5*1H4/t33-,34-,39+,40-,43-,44-,45-,46+,47-;24-,25-,29+,32-,33-,34-,35+,36-;11-;;;;;/m000...../s1. The van der Waals surface area contributed by atoms with Crippen LogP contribution in [-0.4, -0.2) is 245 Å². The number of azide groups is 2. The van der Waals surface area contributed by atoms with Gasteiger partial charge in [0, 0.05) is 125 Å². The Bertz CT molecular complexity index is 5060. The zero-order valence-corrected chi connectivity index (χ0v) is 87.3. The normalized spacial score (nSPS) is 23.5. The van der Waals surface area contributed by atoms with Crippen LogP contribution >= 0.6 is 0 Å². The molecule has 8 fully saturated rings. The van der Waals surface area contributed by atoms with E-state index >= 15 is 0 Å². The van der Waals surface area contributed by atoms with Crippen LogP contribution in [0.15, 0.2) is 144 Å². The number of aliphatic hydroxyl groups excluding tert-OH is 2. The van der Waals surface area contributed by atoms with Gasteiger partial charge in [-0.25, -0.2) is 4.79 Å². The van der Waals surface area contributed by atoms with Gasteiger partial charge in [0.15, 0.2) is 16.6 Å². The second-order valence-electron chi connectivity index (χ2n) is 43.7. The average molecular weight is 1980 g/mol. The van der Waals surface area contributed by atoms with Crippen LogP contribution in [-0.2, 0) is 54.0 Å². The molecule has 2 aliphatic heterocycles. The number of nitrogens with one attached hydrogen (secondary N) is 3. The van der Waals surface area contributed by atoms with E-state index in [-0.39, 0.29) is 132 Å². The number of fused-ring (bicyclic) bond motifs is 4. The van der Waals surface area contributed by atoms with Crippen molar-refractivity contribution < 1.29 is 62.5 Å². The zero-order chi connectivity index (χ0) is 99.3. The summed E-state index contributed by atoms with van der Waals surface area (Å²) in [5, 5.41) is 53.5. The van der Waals surface area contributed by atoms with Gasteiger partial charge in [-0.15, -0.1) is 0 Å². The maximum atomic E-state index is 14.6. The van der Waals surface area contributed by atoms with Crippen molar-refractivity contribution in [3.8, 4) is 33.8 Å². The number of hydroxylamine groups is 4. The monoisotopic (exact) mass is 1980 g/mol. The van der Waals surface area contributed by atoms with E-state index in [0.717, 1.165) is 59.4 Å². The van der Waals surface area contributed by atoms with E-state index < -0.39 is 70.9 Å². The quantitative estimate of drug-likeness (QED) is 0.00815. The summed E-state index contributed by atoms with van der Waals surface area (Å²) >= 11 is 0. The topological polar surface area (TPSA) is 363 Å². The summed E-state index contributed by atoms with van der Waals surface area (Å²) in [5.41, 5.74) is 33.9. The second-order valence-corrected chi connectivity index (χ2v) is 53.3. The number of rotatable bonds is 39. The number of carbonyl (C=O) groups is 4. The van der Waals surface area contributed by atoms with Crippen molar-refractivity contribution in [1.82, 2.24) is 35.9 Å². The van der Waals surface area contributed by atoms with Crippen LogP contribution in [0.3, 0.4) is 0 Å². The molecule has 31 heteroatoms. The van der Waals surface area contributed by atoms with Gasteiger partial charge >= 0.3 is 5.97 Å². The van der Waals surface area contributed by atoms with Gasteiger partial charge in [0.2, 0.25) is 11.8 Å². The number of aromatic carboxylic acids is 1. The van der Waals surface area contributed by atoms with Crippen molar-refractivity contribution in [2.24, 2.45) is 74.1 Å². The fourth-order valence-electron chi connectivity index (χ4n) is 20.9. The molecule has 6 aliphatic carbocycles. The number of benzene rings is 6. The molecule has 18 atom stereocenters. The number of carboxylic acids is 1. The van der Waals surface area contributed by atoms with Gasteiger partial charge in [0.05, 0.1) is 83.6 Å². The molecule has 0 radical (unpaired) electrons. The van der Waals surface area contributed by atoms with Crippen molar-refractivity contribution in [2.75, 3.05) is 119 Å². The van der Waals surface area contributed by atoms with Gasteiger partial charge in [-0.3, -0.25) is 24.1 Å². The lowest BCUT2D eigenvalue weighted by molar-refractivity contribution is -0.176. The van der Waals surface area contributed by atoms with E-state index in [2.05, 4.69) is 202 Å². The van der Waals surface area contributed by atoms with Crippen LogP contribution in [0.1, 0.15) is 203 Å². The number of nitrogens with two attached hydrogens (primary N) is 1. The molecule has 4 bridgehead atoms. The molecule has 780 valence electrons. The smallest absolute Gasteiger partial charge is 0.335 e. The molecule has 3 amide bonds. The Labute approximate surface area is 842 Å². The number of carboxylic acid groups (broad SMARTS) is 1. The number of aliphatic hydroxyl groups is 2. The van der Waals surface area contributed by atoms with Crippen molar-refractivity contribution in [3.63, 3.8) is 0 Å². The largest absolute Gasteiger partial charge is 0.496 e. The van der Waals surface area contributed by atoms with Crippen LogP contribution in [0.25, 0.3) is 43.1 Å². The maximum Gasteiger partial charge on any atom is 0.335 e. The molecule has 6 aromatic rings. The highest BCUT2D eigenvalue weighted by Crippen LogP contribution is 2.63. The predicted molar refractivity (Wildman–Crippen MR) is 576 cm³/mol. The number of carbonyl (C=O) groups excluding carboxylic acids is 3.